The molecule has 0 aliphatic rings. The zero-order valence-corrected chi connectivity index (χ0v) is 11.0. The summed E-state index contributed by atoms with van der Waals surface area (Å²) in [6.45, 7) is 5.77. The van der Waals surface area contributed by atoms with Crippen LogP contribution in [0.4, 0.5) is 0 Å². The van der Waals surface area contributed by atoms with Gasteiger partial charge in [-0.3, -0.25) is 0 Å². The van der Waals surface area contributed by atoms with E-state index in [-0.39, 0.29) is 0 Å². The van der Waals surface area contributed by atoms with E-state index in [1.165, 1.54) is 0 Å². The fourth-order valence-electron chi connectivity index (χ4n) is 1.22. The van der Waals surface area contributed by atoms with Crippen molar-refractivity contribution in [1.82, 2.24) is 0 Å². The third-order valence-corrected chi connectivity index (χ3v) is 2.28. The van der Waals surface area contributed by atoms with E-state index in [1.807, 2.05) is 0 Å². The van der Waals surface area contributed by atoms with Crippen molar-refractivity contribution in [3.63, 3.8) is 0 Å². The van der Waals surface area contributed by atoms with Crippen molar-refractivity contribution >= 4 is 15.9 Å². The van der Waals surface area contributed by atoms with Gasteiger partial charge in [0.1, 0.15) is 6.61 Å². The lowest BCUT2D eigenvalue weighted by Crippen LogP contribution is -2.00. The molecule has 0 aliphatic heterocycles. The van der Waals surface area contributed by atoms with E-state index >= 15 is 0 Å². The predicted molar refractivity (Wildman–Crippen MR) is 67.2 cm³/mol. The third kappa shape index (κ3) is 3.54. The van der Waals surface area contributed by atoms with E-state index in [9.17, 15) is 5.11 Å². The van der Waals surface area contributed by atoms with E-state index in [0.29, 0.717) is 18.1 Å². The molecule has 3 nitrogen and oxygen atoms in total. The maximum absolute atomic E-state index is 9.43. The first kappa shape index (κ1) is 13.1. The Morgan fingerprint density at radius 2 is 2.19 bits per heavy atom. The van der Waals surface area contributed by atoms with Crippen LogP contribution in [0.5, 0.6) is 11.5 Å². The van der Waals surface area contributed by atoms with Gasteiger partial charge in [0.05, 0.1) is 13.2 Å². The minimum atomic E-state index is -0.519. The molecule has 0 bridgehead atoms. The Labute approximate surface area is 104 Å². The molecule has 1 atom stereocenters. The van der Waals surface area contributed by atoms with Crippen molar-refractivity contribution in [3.8, 4) is 11.5 Å². The first-order chi connectivity index (χ1) is 7.54. The van der Waals surface area contributed by atoms with Crippen LogP contribution >= 0.6 is 15.9 Å². The summed E-state index contributed by atoms with van der Waals surface area (Å²) in [7, 11) is 1.57. The van der Waals surface area contributed by atoms with Crippen molar-refractivity contribution in [1.29, 1.82) is 0 Å². The van der Waals surface area contributed by atoms with Crippen LogP contribution in [0, 0.1) is 0 Å². The largest absolute Gasteiger partial charge is 0.493 e. The molecule has 0 spiro atoms. The fraction of sp³-hybridized carbons (Fsp3) is 0.333. The van der Waals surface area contributed by atoms with E-state index in [4.69, 9.17) is 9.47 Å². The van der Waals surface area contributed by atoms with E-state index in [2.05, 4.69) is 22.5 Å². The molecular formula is C12H15BrO3. The van der Waals surface area contributed by atoms with Crippen LogP contribution in [0.15, 0.2) is 29.3 Å². The Morgan fingerprint density at radius 1 is 1.50 bits per heavy atom. The number of hydrogen-bond donors (Lipinski definition) is 1. The zero-order chi connectivity index (χ0) is 12.1. The molecule has 4 heteroatoms. The van der Waals surface area contributed by atoms with Gasteiger partial charge < -0.3 is 14.6 Å². The normalized spacial score (nSPS) is 12.0. The van der Waals surface area contributed by atoms with Gasteiger partial charge in [0, 0.05) is 4.48 Å². The molecular weight excluding hydrogens is 272 g/mol. The second-order valence-electron chi connectivity index (χ2n) is 3.39. The van der Waals surface area contributed by atoms with Crippen LogP contribution in [-0.4, -0.2) is 18.8 Å². The molecule has 1 N–H and O–H groups in total. The number of rotatable bonds is 5. The molecule has 1 aromatic carbocycles. The molecule has 0 fully saturated rings. The van der Waals surface area contributed by atoms with Crippen molar-refractivity contribution in [2.75, 3.05) is 13.7 Å². The highest BCUT2D eigenvalue weighted by molar-refractivity contribution is 9.11. The Balaban J connectivity index is 2.88. The molecule has 0 radical (unpaired) electrons. The van der Waals surface area contributed by atoms with E-state index < -0.39 is 6.10 Å². The van der Waals surface area contributed by atoms with Gasteiger partial charge in [-0.25, -0.2) is 0 Å². The maximum atomic E-state index is 9.43. The van der Waals surface area contributed by atoms with Crippen LogP contribution in [-0.2, 0) is 0 Å². The average Bonchev–Trinajstić information content (AvgIpc) is 2.25. The van der Waals surface area contributed by atoms with E-state index in [0.717, 1.165) is 10.0 Å². The van der Waals surface area contributed by atoms with Crippen LogP contribution in [0.25, 0.3) is 0 Å². The van der Waals surface area contributed by atoms with Crippen LogP contribution in [0.3, 0.4) is 0 Å². The summed E-state index contributed by atoms with van der Waals surface area (Å²) < 4.78 is 11.4. The molecule has 1 aromatic rings. The number of hydrogen-bond acceptors (Lipinski definition) is 3. The molecule has 1 rings (SSSR count). The summed E-state index contributed by atoms with van der Waals surface area (Å²) in [4.78, 5) is 0. The Bertz CT molecular complexity index is 375. The smallest absolute Gasteiger partial charge is 0.161 e. The molecule has 0 saturated heterocycles. The first-order valence-corrected chi connectivity index (χ1v) is 5.66. The van der Waals surface area contributed by atoms with Crippen LogP contribution in [0.2, 0.25) is 0 Å². The number of ether oxygens (including phenoxy) is 2. The summed E-state index contributed by atoms with van der Waals surface area (Å²) in [5, 5.41) is 9.43. The minimum absolute atomic E-state index is 0.379. The summed E-state index contributed by atoms with van der Waals surface area (Å²) in [5.74, 6) is 1.24. The molecule has 0 heterocycles. The molecule has 0 aromatic heterocycles. The average molecular weight is 287 g/mol. The van der Waals surface area contributed by atoms with Crippen molar-refractivity contribution in [2.45, 2.75) is 13.0 Å². The van der Waals surface area contributed by atoms with Crippen LogP contribution < -0.4 is 9.47 Å². The Hall–Kier alpha value is -1.00. The predicted octanol–water partition coefficient (Wildman–Crippen LogP) is 3.04. The second kappa shape index (κ2) is 5.92. The number of benzene rings is 1. The van der Waals surface area contributed by atoms with Gasteiger partial charge in [0.25, 0.3) is 0 Å². The number of aliphatic hydroxyl groups excluding tert-OH is 1. The summed E-state index contributed by atoms with van der Waals surface area (Å²) in [5.41, 5.74) is 0.793. The Morgan fingerprint density at radius 3 is 2.69 bits per heavy atom. The topological polar surface area (TPSA) is 38.7 Å². The first-order valence-electron chi connectivity index (χ1n) is 4.86. The minimum Gasteiger partial charge on any atom is -0.493 e. The van der Waals surface area contributed by atoms with Gasteiger partial charge in [0.15, 0.2) is 11.5 Å². The lowest BCUT2D eigenvalue weighted by molar-refractivity contribution is 0.198. The van der Waals surface area contributed by atoms with Gasteiger partial charge in [0.2, 0.25) is 0 Å². The Kier molecular flexibility index (Phi) is 4.83. The molecule has 16 heavy (non-hydrogen) atoms. The van der Waals surface area contributed by atoms with Crippen LogP contribution in [0.1, 0.15) is 18.6 Å². The highest BCUT2D eigenvalue weighted by atomic mass is 79.9. The van der Waals surface area contributed by atoms with Crippen molar-refractivity contribution in [2.24, 2.45) is 0 Å². The van der Waals surface area contributed by atoms with E-state index in [1.54, 1.807) is 32.2 Å². The van der Waals surface area contributed by atoms with Gasteiger partial charge >= 0.3 is 0 Å². The molecule has 0 aliphatic carbocycles. The molecule has 0 saturated carbocycles. The van der Waals surface area contributed by atoms with Crippen molar-refractivity contribution in [3.05, 3.63) is 34.8 Å². The molecule has 1 unspecified atom stereocenters. The third-order valence-electron chi connectivity index (χ3n) is 2.05. The molecule has 88 valence electrons. The SMILES string of the molecule is C=C(Br)COc1ccc(C(C)O)cc1OC. The molecule has 0 amide bonds. The van der Waals surface area contributed by atoms with Gasteiger partial charge in [-0.15, -0.1) is 0 Å². The summed E-state index contributed by atoms with van der Waals surface area (Å²) >= 11 is 3.22. The highest BCUT2D eigenvalue weighted by Crippen LogP contribution is 2.30. The summed E-state index contributed by atoms with van der Waals surface area (Å²) in [6, 6.07) is 5.34. The lowest BCUT2D eigenvalue weighted by Gasteiger charge is -2.12. The highest BCUT2D eigenvalue weighted by Gasteiger charge is 2.08. The number of aliphatic hydroxyl groups is 1. The summed E-state index contributed by atoms with van der Waals surface area (Å²) in [6.07, 6.45) is -0.519. The maximum Gasteiger partial charge on any atom is 0.161 e. The van der Waals surface area contributed by atoms with Gasteiger partial charge in [-0.2, -0.15) is 0 Å². The zero-order valence-electron chi connectivity index (χ0n) is 9.37. The fourth-order valence-corrected chi connectivity index (χ4v) is 1.33. The monoisotopic (exact) mass is 286 g/mol. The van der Waals surface area contributed by atoms with Crippen molar-refractivity contribution < 1.29 is 14.6 Å². The number of methoxy groups -OCH3 is 1. The number of halogens is 1. The second-order valence-corrected chi connectivity index (χ2v) is 4.51. The lowest BCUT2D eigenvalue weighted by atomic mass is 10.1. The van der Waals surface area contributed by atoms with Gasteiger partial charge in [-0.1, -0.05) is 28.6 Å². The quantitative estimate of drug-likeness (QED) is 0.904. The van der Waals surface area contributed by atoms with Gasteiger partial charge in [-0.05, 0) is 24.6 Å². The standard InChI is InChI=1S/C12H15BrO3/c1-8(13)7-16-11-5-4-10(9(2)14)6-12(11)15-3/h4-6,9,14H,1,7H2,2-3H3.